The molecule has 0 spiro atoms. The Labute approximate surface area is 187 Å². The average molecular weight is 443 g/mol. The van der Waals surface area contributed by atoms with Crippen molar-refractivity contribution in [2.45, 2.75) is 50.0 Å². The van der Waals surface area contributed by atoms with Crippen molar-refractivity contribution in [2.75, 3.05) is 20.3 Å². The summed E-state index contributed by atoms with van der Waals surface area (Å²) in [5, 5.41) is 2.98. The van der Waals surface area contributed by atoms with E-state index in [1.807, 2.05) is 60.7 Å². The number of carbonyl (C=O) groups is 1. The predicted molar refractivity (Wildman–Crippen MR) is 116 cm³/mol. The van der Waals surface area contributed by atoms with Crippen molar-refractivity contribution in [1.29, 1.82) is 0 Å². The molecule has 1 amide bonds. The summed E-state index contributed by atoms with van der Waals surface area (Å²) in [6, 6.07) is 19.0. The molecule has 6 atom stereocenters. The van der Waals surface area contributed by atoms with Crippen LogP contribution in [0.2, 0.25) is 0 Å². The molecule has 32 heavy (non-hydrogen) atoms. The van der Waals surface area contributed by atoms with Crippen molar-refractivity contribution in [3.05, 3.63) is 71.8 Å². The summed E-state index contributed by atoms with van der Waals surface area (Å²) in [6.07, 6.45) is -2.45. The fraction of sp³-hybridized carbons (Fsp3) is 0.458. The molecule has 2 saturated heterocycles. The first kappa shape index (κ1) is 22.8. The highest BCUT2D eigenvalue weighted by Gasteiger charge is 2.51. The summed E-state index contributed by atoms with van der Waals surface area (Å²) in [7, 11) is 1.54. The lowest BCUT2D eigenvalue weighted by Gasteiger charge is -2.49. The van der Waals surface area contributed by atoms with Gasteiger partial charge in [0, 0.05) is 25.6 Å². The Morgan fingerprint density at radius 3 is 2.50 bits per heavy atom. The molecule has 172 valence electrons. The summed E-state index contributed by atoms with van der Waals surface area (Å²) >= 11 is 0. The Balaban J connectivity index is 1.58. The number of benzene rings is 2. The van der Waals surface area contributed by atoms with Crippen LogP contribution in [0.15, 0.2) is 60.7 Å². The summed E-state index contributed by atoms with van der Waals surface area (Å²) in [5.41, 5.74) is 7.49. The Kier molecular flexibility index (Phi) is 7.85. The lowest BCUT2D eigenvalue weighted by molar-refractivity contribution is -0.346. The third-order valence-corrected chi connectivity index (χ3v) is 5.63. The molecule has 2 aliphatic heterocycles. The zero-order chi connectivity index (χ0) is 22.3. The van der Waals surface area contributed by atoms with Gasteiger partial charge in [-0.05, 0) is 5.56 Å². The number of nitrogens with two attached hydrogens (primary N) is 1. The second kappa shape index (κ2) is 11.0. The van der Waals surface area contributed by atoms with E-state index in [2.05, 4.69) is 5.32 Å². The number of fused-ring (bicyclic) bond motifs is 1. The van der Waals surface area contributed by atoms with Crippen LogP contribution in [0.3, 0.4) is 0 Å². The van der Waals surface area contributed by atoms with Crippen LogP contribution >= 0.6 is 0 Å². The third-order valence-electron chi connectivity index (χ3n) is 5.63. The highest BCUT2D eigenvalue weighted by Crippen LogP contribution is 2.35. The van der Waals surface area contributed by atoms with Crippen molar-refractivity contribution in [3.8, 4) is 0 Å². The monoisotopic (exact) mass is 442 g/mol. The highest BCUT2D eigenvalue weighted by molar-refractivity contribution is 5.76. The van der Waals surface area contributed by atoms with Crippen molar-refractivity contribution < 1.29 is 28.5 Å². The van der Waals surface area contributed by atoms with E-state index in [0.29, 0.717) is 13.2 Å². The van der Waals surface area contributed by atoms with Gasteiger partial charge in [0.2, 0.25) is 5.91 Å². The number of rotatable bonds is 8. The standard InChI is InChI=1S/C24H30N2O6/c1-28-24-20(26-19(27)12-13-25)22(29-14-16-8-4-2-5-9-16)21-18(31-24)15-30-23(32-21)17-10-6-3-7-11-17/h2-11,18,20-24H,12-15,25H2,1H3,(H,26,27)/t18-,20+,21-,22-,23?,24+/m1/s1. The van der Waals surface area contributed by atoms with Crippen LogP contribution < -0.4 is 11.1 Å². The van der Waals surface area contributed by atoms with Crippen LogP contribution in [0.25, 0.3) is 0 Å². The molecule has 0 aromatic heterocycles. The molecule has 2 aliphatic rings. The fourth-order valence-corrected chi connectivity index (χ4v) is 4.06. The second-order valence-electron chi connectivity index (χ2n) is 7.85. The Bertz CT molecular complexity index is 852. The van der Waals surface area contributed by atoms with Crippen molar-refractivity contribution in [2.24, 2.45) is 5.73 Å². The quantitative estimate of drug-likeness (QED) is 0.644. The first-order valence-corrected chi connectivity index (χ1v) is 10.8. The predicted octanol–water partition coefficient (Wildman–Crippen LogP) is 1.89. The lowest BCUT2D eigenvalue weighted by atomic mass is 9.95. The van der Waals surface area contributed by atoms with E-state index in [0.717, 1.165) is 11.1 Å². The molecule has 3 N–H and O–H groups in total. The third kappa shape index (κ3) is 5.35. The Hall–Kier alpha value is -2.33. The second-order valence-corrected chi connectivity index (χ2v) is 7.85. The Morgan fingerprint density at radius 1 is 1.09 bits per heavy atom. The van der Waals surface area contributed by atoms with Gasteiger partial charge in [0.05, 0.1) is 13.2 Å². The van der Waals surface area contributed by atoms with E-state index in [1.165, 1.54) is 0 Å². The van der Waals surface area contributed by atoms with E-state index in [-0.39, 0.29) is 18.9 Å². The number of carbonyl (C=O) groups excluding carboxylic acids is 1. The minimum atomic E-state index is -0.709. The first-order chi connectivity index (χ1) is 15.7. The minimum absolute atomic E-state index is 0.193. The molecular formula is C24H30N2O6. The first-order valence-electron chi connectivity index (χ1n) is 10.8. The van der Waals surface area contributed by atoms with Crippen LogP contribution in [0, 0.1) is 0 Å². The molecule has 2 heterocycles. The molecule has 0 saturated carbocycles. The molecule has 2 aromatic rings. The highest BCUT2D eigenvalue weighted by atomic mass is 16.7. The summed E-state index contributed by atoms with van der Waals surface area (Å²) < 4.78 is 30.3. The summed E-state index contributed by atoms with van der Waals surface area (Å²) in [6.45, 7) is 0.923. The van der Waals surface area contributed by atoms with Gasteiger partial charge in [-0.1, -0.05) is 60.7 Å². The molecule has 8 nitrogen and oxygen atoms in total. The largest absolute Gasteiger partial charge is 0.368 e. The molecule has 1 unspecified atom stereocenters. The van der Waals surface area contributed by atoms with Crippen LogP contribution in [0.1, 0.15) is 23.8 Å². The average Bonchev–Trinajstić information content (AvgIpc) is 2.84. The maximum absolute atomic E-state index is 12.4. The van der Waals surface area contributed by atoms with Gasteiger partial charge in [-0.2, -0.15) is 0 Å². The SMILES string of the molecule is CO[C@H]1O[C@@H]2COC(c3ccccc3)O[C@H]2[C@H](OCc2ccccc2)[C@@H]1NC(=O)CCN. The Morgan fingerprint density at radius 2 is 1.81 bits per heavy atom. The number of methoxy groups -OCH3 is 1. The molecule has 2 fully saturated rings. The van der Waals surface area contributed by atoms with E-state index < -0.39 is 36.9 Å². The summed E-state index contributed by atoms with van der Waals surface area (Å²) in [5.74, 6) is -0.193. The normalized spacial score (nSPS) is 29.8. The maximum Gasteiger partial charge on any atom is 0.221 e. The van der Waals surface area contributed by atoms with Gasteiger partial charge in [0.15, 0.2) is 12.6 Å². The summed E-state index contributed by atoms with van der Waals surface area (Å²) in [4.78, 5) is 12.4. The van der Waals surface area contributed by atoms with Gasteiger partial charge in [0.25, 0.3) is 0 Å². The van der Waals surface area contributed by atoms with Gasteiger partial charge >= 0.3 is 0 Å². The van der Waals surface area contributed by atoms with Crippen LogP contribution in [0.4, 0.5) is 0 Å². The molecule has 0 aliphatic carbocycles. The van der Waals surface area contributed by atoms with E-state index >= 15 is 0 Å². The van der Waals surface area contributed by atoms with Crippen LogP contribution in [-0.2, 0) is 35.1 Å². The topological polar surface area (TPSA) is 101 Å². The number of hydrogen-bond donors (Lipinski definition) is 2. The van der Waals surface area contributed by atoms with Crippen molar-refractivity contribution in [1.82, 2.24) is 5.32 Å². The van der Waals surface area contributed by atoms with Crippen molar-refractivity contribution >= 4 is 5.91 Å². The molecule has 4 rings (SSSR count). The van der Waals surface area contributed by atoms with E-state index in [9.17, 15) is 4.79 Å². The molecule has 0 bridgehead atoms. The van der Waals surface area contributed by atoms with Crippen molar-refractivity contribution in [3.63, 3.8) is 0 Å². The number of amides is 1. The zero-order valence-corrected chi connectivity index (χ0v) is 18.1. The maximum atomic E-state index is 12.4. The smallest absolute Gasteiger partial charge is 0.221 e. The van der Waals surface area contributed by atoms with Crippen LogP contribution in [0.5, 0.6) is 0 Å². The molecule has 2 aromatic carbocycles. The van der Waals surface area contributed by atoms with E-state index in [1.54, 1.807) is 7.11 Å². The number of nitrogens with one attached hydrogen (secondary N) is 1. The van der Waals surface area contributed by atoms with Gasteiger partial charge in [-0.3, -0.25) is 4.79 Å². The van der Waals surface area contributed by atoms with Crippen LogP contribution in [-0.4, -0.2) is 56.8 Å². The lowest BCUT2D eigenvalue weighted by Crippen LogP contribution is -2.67. The number of ether oxygens (including phenoxy) is 5. The minimum Gasteiger partial charge on any atom is -0.368 e. The number of hydrogen-bond acceptors (Lipinski definition) is 7. The molecular weight excluding hydrogens is 412 g/mol. The van der Waals surface area contributed by atoms with E-state index in [4.69, 9.17) is 29.4 Å². The zero-order valence-electron chi connectivity index (χ0n) is 18.1. The molecule has 8 heteroatoms. The fourth-order valence-electron chi connectivity index (χ4n) is 4.06. The molecule has 0 radical (unpaired) electrons. The van der Waals surface area contributed by atoms with Gasteiger partial charge < -0.3 is 34.7 Å². The van der Waals surface area contributed by atoms with Gasteiger partial charge in [0.1, 0.15) is 24.4 Å². The van der Waals surface area contributed by atoms with Gasteiger partial charge in [-0.15, -0.1) is 0 Å². The van der Waals surface area contributed by atoms with Gasteiger partial charge in [-0.25, -0.2) is 0 Å².